The fourth-order valence-electron chi connectivity index (χ4n) is 1.75. The summed E-state index contributed by atoms with van der Waals surface area (Å²) in [5.74, 6) is -1.97. The van der Waals surface area contributed by atoms with Crippen molar-refractivity contribution in [1.29, 1.82) is 0 Å². The number of hydrogen-bond donors (Lipinski definition) is 0. The Kier molecular flexibility index (Phi) is 3.95. The molecule has 0 atom stereocenters. The van der Waals surface area contributed by atoms with E-state index in [0.29, 0.717) is 10.0 Å². The van der Waals surface area contributed by atoms with Crippen LogP contribution in [0.4, 0.5) is 8.78 Å². The molecule has 2 aromatic rings. The Labute approximate surface area is 117 Å². The molecule has 5 heteroatoms. The summed E-state index contributed by atoms with van der Waals surface area (Å²) in [5, 5.41) is 0. The molecule has 0 aromatic heterocycles. The molecule has 0 aliphatic carbocycles. The number of esters is 1. The van der Waals surface area contributed by atoms with Crippen molar-refractivity contribution in [3.63, 3.8) is 0 Å². The minimum absolute atomic E-state index is 0.246. The first-order valence-electron chi connectivity index (χ1n) is 5.35. The number of rotatable bonds is 2. The van der Waals surface area contributed by atoms with E-state index in [1.54, 1.807) is 12.1 Å². The normalized spacial score (nSPS) is 10.3. The highest BCUT2D eigenvalue weighted by Crippen LogP contribution is 2.29. The maximum absolute atomic E-state index is 13.3. The van der Waals surface area contributed by atoms with Gasteiger partial charge in [-0.3, -0.25) is 0 Å². The Hall–Kier alpha value is -1.75. The van der Waals surface area contributed by atoms with E-state index in [9.17, 15) is 13.6 Å². The fraction of sp³-hybridized carbons (Fsp3) is 0.0714. The third kappa shape index (κ3) is 2.98. The standard InChI is InChI=1S/C14H9BrF2O2/c1-19-14(18)12-3-2-9(15)6-13(12)8-4-10(16)7-11(17)5-8/h2-7H,1H3. The second-order valence-electron chi connectivity index (χ2n) is 3.84. The number of hydrogen-bond acceptors (Lipinski definition) is 2. The second-order valence-corrected chi connectivity index (χ2v) is 4.76. The first kappa shape index (κ1) is 13.7. The number of carbonyl (C=O) groups excluding carboxylic acids is 1. The maximum Gasteiger partial charge on any atom is 0.338 e. The van der Waals surface area contributed by atoms with E-state index >= 15 is 0 Å². The summed E-state index contributed by atoms with van der Waals surface area (Å²) in [7, 11) is 1.25. The van der Waals surface area contributed by atoms with Crippen LogP contribution in [0.1, 0.15) is 10.4 Å². The van der Waals surface area contributed by atoms with Crippen molar-refractivity contribution in [3.8, 4) is 11.1 Å². The predicted octanol–water partition coefficient (Wildman–Crippen LogP) is 4.18. The van der Waals surface area contributed by atoms with E-state index in [4.69, 9.17) is 0 Å². The Morgan fingerprint density at radius 1 is 1.11 bits per heavy atom. The summed E-state index contributed by atoms with van der Waals surface area (Å²) >= 11 is 3.26. The van der Waals surface area contributed by atoms with E-state index in [1.165, 1.54) is 13.2 Å². The lowest BCUT2D eigenvalue weighted by Crippen LogP contribution is -2.03. The molecular formula is C14H9BrF2O2. The highest BCUT2D eigenvalue weighted by atomic mass is 79.9. The van der Waals surface area contributed by atoms with Crippen LogP contribution in [0, 0.1) is 11.6 Å². The summed E-state index contributed by atoms with van der Waals surface area (Å²) < 4.78 is 31.9. The van der Waals surface area contributed by atoms with Gasteiger partial charge in [0, 0.05) is 10.5 Å². The van der Waals surface area contributed by atoms with Crippen LogP contribution >= 0.6 is 15.9 Å². The van der Waals surface area contributed by atoms with E-state index in [1.807, 2.05) is 0 Å². The van der Waals surface area contributed by atoms with Gasteiger partial charge in [-0.05, 0) is 41.5 Å². The van der Waals surface area contributed by atoms with Crippen molar-refractivity contribution in [3.05, 3.63) is 58.1 Å². The lowest BCUT2D eigenvalue weighted by Gasteiger charge is -2.09. The Morgan fingerprint density at radius 2 is 1.74 bits per heavy atom. The monoisotopic (exact) mass is 326 g/mol. The van der Waals surface area contributed by atoms with Gasteiger partial charge in [-0.25, -0.2) is 13.6 Å². The molecule has 0 aliphatic heterocycles. The van der Waals surface area contributed by atoms with Gasteiger partial charge in [0.05, 0.1) is 12.7 Å². The summed E-state index contributed by atoms with van der Waals surface area (Å²) in [4.78, 5) is 11.7. The quantitative estimate of drug-likeness (QED) is 0.774. The Balaban J connectivity index is 2.65. The zero-order valence-corrected chi connectivity index (χ0v) is 11.5. The van der Waals surface area contributed by atoms with Gasteiger partial charge < -0.3 is 4.74 Å². The minimum atomic E-state index is -0.703. The second kappa shape index (κ2) is 5.48. The van der Waals surface area contributed by atoms with Crippen LogP contribution < -0.4 is 0 Å². The molecule has 0 fully saturated rings. The minimum Gasteiger partial charge on any atom is -0.465 e. The van der Waals surface area contributed by atoms with Crippen LogP contribution in [0.15, 0.2) is 40.9 Å². The van der Waals surface area contributed by atoms with Crippen molar-refractivity contribution in [2.45, 2.75) is 0 Å². The molecule has 0 aliphatic rings. The molecule has 19 heavy (non-hydrogen) atoms. The molecule has 0 N–H and O–H groups in total. The Morgan fingerprint density at radius 3 is 2.32 bits per heavy atom. The van der Waals surface area contributed by atoms with Gasteiger partial charge in [-0.1, -0.05) is 15.9 Å². The summed E-state index contributed by atoms with van der Waals surface area (Å²) in [5.41, 5.74) is 0.925. The van der Waals surface area contributed by atoms with Crippen molar-refractivity contribution in [2.75, 3.05) is 7.11 Å². The van der Waals surface area contributed by atoms with Gasteiger partial charge in [-0.15, -0.1) is 0 Å². The van der Waals surface area contributed by atoms with Gasteiger partial charge in [0.2, 0.25) is 0 Å². The number of carbonyl (C=O) groups is 1. The number of halogens is 3. The molecule has 0 spiro atoms. The molecule has 2 nitrogen and oxygen atoms in total. The molecule has 0 radical (unpaired) electrons. The third-order valence-electron chi connectivity index (χ3n) is 2.56. The number of methoxy groups -OCH3 is 1. The van der Waals surface area contributed by atoms with Gasteiger partial charge >= 0.3 is 5.97 Å². The first-order chi connectivity index (χ1) is 9.01. The lowest BCUT2D eigenvalue weighted by molar-refractivity contribution is 0.0601. The molecule has 0 saturated heterocycles. The van der Waals surface area contributed by atoms with E-state index in [-0.39, 0.29) is 11.1 Å². The van der Waals surface area contributed by atoms with Gasteiger partial charge in [0.25, 0.3) is 0 Å². The summed E-state index contributed by atoms with van der Waals surface area (Å²) in [6.45, 7) is 0. The van der Waals surface area contributed by atoms with Crippen molar-refractivity contribution < 1.29 is 18.3 Å². The lowest BCUT2D eigenvalue weighted by atomic mass is 9.99. The first-order valence-corrected chi connectivity index (χ1v) is 6.15. The summed E-state index contributed by atoms with van der Waals surface area (Å²) in [6.07, 6.45) is 0. The average Bonchev–Trinajstić information content (AvgIpc) is 2.36. The van der Waals surface area contributed by atoms with Crippen LogP contribution in [0.3, 0.4) is 0 Å². The SMILES string of the molecule is COC(=O)c1ccc(Br)cc1-c1cc(F)cc(F)c1. The van der Waals surface area contributed by atoms with E-state index < -0.39 is 17.6 Å². The number of benzene rings is 2. The molecule has 0 heterocycles. The van der Waals surface area contributed by atoms with E-state index in [0.717, 1.165) is 18.2 Å². The smallest absolute Gasteiger partial charge is 0.338 e. The largest absolute Gasteiger partial charge is 0.465 e. The van der Waals surface area contributed by atoms with Crippen molar-refractivity contribution >= 4 is 21.9 Å². The topological polar surface area (TPSA) is 26.3 Å². The molecule has 0 unspecified atom stereocenters. The molecule has 0 bridgehead atoms. The molecule has 2 rings (SSSR count). The molecule has 98 valence electrons. The molecule has 0 amide bonds. The molecular weight excluding hydrogens is 318 g/mol. The van der Waals surface area contributed by atoms with Gasteiger partial charge in [0.15, 0.2) is 0 Å². The van der Waals surface area contributed by atoms with Crippen LogP contribution in [0.2, 0.25) is 0 Å². The molecule has 2 aromatic carbocycles. The van der Waals surface area contributed by atoms with Gasteiger partial charge in [-0.2, -0.15) is 0 Å². The highest BCUT2D eigenvalue weighted by molar-refractivity contribution is 9.10. The third-order valence-corrected chi connectivity index (χ3v) is 3.05. The van der Waals surface area contributed by atoms with Crippen LogP contribution in [0.25, 0.3) is 11.1 Å². The van der Waals surface area contributed by atoms with Crippen LogP contribution in [-0.2, 0) is 4.74 Å². The Bertz CT molecular complexity index is 621. The highest BCUT2D eigenvalue weighted by Gasteiger charge is 2.15. The summed E-state index contributed by atoms with van der Waals surface area (Å²) in [6, 6.07) is 7.91. The van der Waals surface area contributed by atoms with Crippen LogP contribution in [-0.4, -0.2) is 13.1 Å². The van der Waals surface area contributed by atoms with Gasteiger partial charge in [0.1, 0.15) is 11.6 Å². The predicted molar refractivity (Wildman–Crippen MR) is 70.8 cm³/mol. The van der Waals surface area contributed by atoms with Crippen molar-refractivity contribution in [2.24, 2.45) is 0 Å². The van der Waals surface area contributed by atoms with E-state index in [2.05, 4.69) is 20.7 Å². The fourth-order valence-corrected chi connectivity index (χ4v) is 2.11. The zero-order valence-electron chi connectivity index (χ0n) is 9.91. The van der Waals surface area contributed by atoms with Crippen molar-refractivity contribution in [1.82, 2.24) is 0 Å². The maximum atomic E-state index is 13.3. The van der Waals surface area contributed by atoms with Crippen LogP contribution in [0.5, 0.6) is 0 Å². The number of ether oxygens (including phenoxy) is 1. The average molecular weight is 327 g/mol. The zero-order chi connectivity index (χ0) is 14.0. The molecule has 0 saturated carbocycles.